The van der Waals surface area contributed by atoms with Crippen LogP contribution in [0, 0.1) is 13.8 Å². The van der Waals surface area contributed by atoms with Crippen LogP contribution < -0.4 is 19.7 Å². The molecule has 252 valence electrons. The molecule has 2 amide bonds. The number of para-hydroxylation sites is 1. The number of aromatic nitrogens is 2. The first-order chi connectivity index (χ1) is 23.6. The lowest BCUT2D eigenvalue weighted by molar-refractivity contribution is 0.102. The summed E-state index contributed by atoms with van der Waals surface area (Å²) >= 11 is 0. The van der Waals surface area contributed by atoms with Crippen molar-refractivity contribution in [2.45, 2.75) is 25.3 Å². The summed E-state index contributed by atoms with van der Waals surface area (Å²) in [5.41, 5.74) is 5.94. The van der Waals surface area contributed by atoms with E-state index in [0.29, 0.717) is 42.4 Å². The van der Waals surface area contributed by atoms with Crippen LogP contribution in [0.2, 0.25) is 0 Å². The molecule has 0 spiro atoms. The van der Waals surface area contributed by atoms with Crippen LogP contribution in [0.15, 0.2) is 102 Å². The number of amides is 2. The van der Waals surface area contributed by atoms with Gasteiger partial charge in [0.2, 0.25) is 0 Å². The number of carbonyl (C=O) groups excluding carboxylic acids is 2. The molecule has 6 rings (SSSR count). The Bertz CT molecular complexity index is 2110. The fraction of sp³-hybridized carbons (Fsp3) is 0.194. The number of rotatable bonds is 10. The van der Waals surface area contributed by atoms with Gasteiger partial charge in [0.05, 0.1) is 29.9 Å². The molecule has 4 aromatic carbocycles. The molecule has 0 aliphatic carbocycles. The fourth-order valence-electron chi connectivity index (χ4n) is 5.41. The van der Waals surface area contributed by atoms with E-state index in [1.807, 2.05) is 62.5 Å². The summed E-state index contributed by atoms with van der Waals surface area (Å²) in [6.45, 7) is 5.35. The zero-order chi connectivity index (χ0) is 34.5. The molecule has 2 N–H and O–H groups in total. The maximum absolute atomic E-state index is 13.1. The Morgan fingerprint density at radius 1 is 0.980 bits per heavy atom. The summed E-state index contributed by atoms with van der Waals surface area (Å²) in [6.07, 6.45) is 3.10. The normalized spacial score (nSPS) is 12.5. The summed E-state index contributed by atoms with van der Waals surface area (Å²) in [5.74, 6) is 0.938. The van der Waals surface area contributed by atoms with Crippen molar-refractivity contribution in [3.05, 3.63) is 120 Å². The highest BCUT2D eigenvalue weighted by molar-refractivity contribution is 7.85. The van der Waals surface area contributed by atoms with Crippen molar-refractivity contribution in [1.29, 1.82) is 0 Å². The van der Waals surface area contributed by atoms with Gasteiger partial charge in [0.15, 0.2) is 5.75 Å². The Morgan fingerprint density at radius 3 is 2.55 bits per heavy atom. The van der Waals surface area contributed by atoms with E-state index >= 15 is 0 Å². The van der Waals surface area contributed by atoms with Gasteiger partial charge in [-0.05, 0) is 79.1 Å². The molecule has 2 heterocycles. The largest absolute Gasteiger partial charge is 0.490 e. The average molecular weight is 683 g/mol. The van der Waals surface area contributed by atoms with Crippen molar-refractivity contribution in [2.24, 2.45) is 0 Å². The van der Waals surface area contributed by atoms with E-state index in [1.165, 1.54) is 24.3 Å². The third kappa shape index (κ3) is 7.74. The van der Waals surface area contributed by atoms with Crippen molar-refractivity contribution in [3.8, 4) is 22.6 Å². The van der Waals surface area contributed by atoms with E-state index in [1.54, 1.807) is 34.0 Å². The molecule has 0 bridgehead atoms. The highest BCUT2D eigenvalue weighted by atomic mass is 32.2. The lowest BCUT2D eigenvalue weighted by atomic mass is 10.1. The summed E-state index contributed by atoms with van der Waals surface area (Å²) in [6, 6.07) is 23.7. The second kappa shape index (κ2) is 14.2. The minimum absolute atomic E-state index is 0.0956. The molecule has 0 saturated heterocycles. The Kier molecular flexibility index (Phi) is 9.65. The van der Waals surface area contributed by atoms with E-state index in [0.717, 1.165) is 33.6 Å². The molecule has 49 heavy (non-hydrogen) atoms. The predicted molar refractivity (Wildman–Crippen MR) is 183 cm³/mol. The van der Waals surface area contributed by atoms with Crippen LogP contribution in [0.25, 0.3) is 11.1 Å². The van der Waals surface area contributed by atoms with Crippen LogP contribution in [-0.4, -0.2) is 61.1 Å². The maximum atomic E-state index is 13.1. The third-order valence-electron chi connectivity index (χ3n) is 8.08. The molecule has 0 fully saturated rings. The van der Waals surface area contributed by atoms with Crippen LogP contribution in [0.1, 0.15) is 27.0 Å². The van der Waals surface area contributed by atoms with Crippen molar-refractivity contribution >= 4 is 33.5 Å². The number of benzene rings is 4. The highest BCUT2D eigenvalue weighted by Crippen LogP contribution is 2.40. The minimum atomic E-state index is -4.33. The number of hydrogen-bond acceptors (Lipinski definition) is 8. The van der Waals surface area contributed by atoms with E-state index in [4.69, 9.17) is 18.8 Å². The van der Waals surface area contributed by atoms with Crippen LogP contribution >= 0.6 is 0 Å². The first kappa shape index (κ1) is 33.2. The molecule has 0 radical (unpaired) electrons. The standard InChI is InChI=1S/C36H34N4O8S/c1-24-6-3-11-33(25(24)2)46-18-19-48-36(42)40-16-17-47-34-31(9-5-10-32(34)40)28-21-37-39(23-28)22-26-7-4-8-27(20-26)35(41)38-29-12-14-30(15-13-29)49(43,44)45/h3-15,20-21,23H,16-19,22H2,1-2H3,(H,38,41)(H,43,44,45). The van der Waals surface area contributed by atoms with Gasteiger partial charge < -0.3 is 19.5 Å². The molecule has 5 aromatic rings. The molecular weight excluding hydrogens is 648 g/mol. The molecule has 1 aliphatic rings. The van der Waals surface area contributed by atoms with Crippen LogP contribution in [0.4, 0.5) is 16.2 Å². The molecule has 1 aliphatic heterocycles. The zero-order valence-electron chi connectivity index (χ0n) is 26.8. The number of hydrogen-bond donors (Lipinski definition) is 2. The number of ether oxygens (including phenoxy) is 3. The van der Waals surface area contributed by atoms with E-state index in [2.05, 4.69) is 10.4 Å². The first-order valence-corrected chi connectivity index (χ1v) is 16.9. The third-order valence-corrected chi connectivity index (χ3v) is 8.94. The molecule has 1 aromatic heterocycles. The second-order valence-electron chi connectivity index (χ2n) is 11.4. The number of anilines is 2. The average Bonchev–Trinajstić information content (AvgIpc) is 3.55. The van der Waals surface area contributed by atoms with E-state index in [-0.39, 0.29) is 24.0 Å². The summed E-state index contributed by atoms with van der Waals surface area (Å²) in [4.78, 5) is 27.3. The SMILES string of the molecule is Cc1cccc(OCCOC(=O)N2CCOc3c(-c4cnn(Cc5cccc(C(=O)Nc6ccc(S(=O)(=O)O)cc6)c5)c4)cccc32)c1C. The molecule has 0 unspecified atom stereocenters. The number of carbonyl (C=O) groups is 2. The molecule has 13 heteroatoms. The number of fused-ring (bicyclic) bond motifs is 1. The van der Waals surface area contributed by atoms with Gasteiger partial charge in [-0.1, -0.05) is 36.4 Å². The number of nitrogens with zero attached hydrogens (tertiary/aromatic N) is 3. The summed E-state index contributed by atoms with van der Waals surface area (Å²) < 4.78 is 50.9. The van der Waals surface area contributed by atoms with Gasteiger partial charge in [-0.15, -0.1) is 0 Å². The summed E-state index contributed by atoms with van der Waals surface area (Å²) in [7, 11) is -4.33. The minimum Gasteiger partial charge on any atom is -0.490 e. The smallest absolute Gasteiger partial charge is 0.414 e. The lowest BCUT2D eigenvalue weighted by Crippen LogP contribution is -2.39. The Morgan fingerprint density at radius 2 is 1.76 bits per heavy atom. The number of nitrogens with one attached hydrogen (secondary N) is 1. The summed E-state index contributed by atoms with van der Waals surface area (Å²) in [5, 5.41) is 7.24. The number of aryl methyl sites for hydroxylation is 1. The van der Waals surface area contributed by atoms with Gasteiger partial charge in [0, 0.05) is 28.6 Å². The van der Waals surface area contributed by atoms with E-state index in [9.17, 15) is 18.0 Å². The monoisotopic (exact) mass is 682 g/mol. The van der Waals surface area contributed by atoms with Gasteiger partial charge in [0.25, 0.3) is 16.0 Å². The van der Waals surface area contributed by atoms with Crippen molar-refractivity contribution in [3.63, 3.8) is 0 Å². The van der Waals surface area contributed by atoms with Crippen LogP contribution in [-0.2, 0) is 21.4 Å². The first-order valence-electron chi connectivity index (χ1n) is 15.5. The maximum Gasteiger partial charge on any atom is 0.414 e. The molecule has 0 saturated carbocycles. The molecule has 0 atom stereocenters. The highest BCUT2D eigenvalue weighted by Gasteiger charge is 2.27. The quantitative estimate of drug-likeness (QED) is 0.131. The molecule has 12 nitrogen and oxygen atoms in total. The van der Waals surface area contributed by atoms with Gasteiger partial charge >= 0.3 is 6.09 Å². The fourth-order valence-corrected chi connectivity index (χ4v) is 5.89. The Balaban J connectivity index is 1.09. The topological polar surface area (TPSA) is 149 Å². The van der Waals surface area contributed by atoms with Gasteiger partial charge in [0.1, 0.15) is 25.6 Å². The molecular formula is C36H34N4O8S. The zero-order valence-corrected chi connectivity index (χ0v) is 27.6. The van der Waals surface area contributed by atoms with E-state index < -0.39 is 16.2 Å². The van der Waals surface area contributed by atoms with Gasteiger partial charge in [-0.2, -0.15) is 13.5 Å². The second-order valence-corrected chi connectivity index (χ2v) is 12.8. The van der Waals surface area contributed by atoms with Gasteiger partial charge in [-0.25, -0.2) is 4.79 Å². The van der Waals surface area contributed by atoms with Gasteiger partial charge in [-0.3, -0.25) is 18.9 Å². The van der Waals surface area contributed by atoms with Crippen molar-refractivity contribution < 1.29 is 36.8 Å². The predicted octanol–water partition coefficient (Wildman–Crippen LogP) is 6.13. The van der Waals surface area contributed by atoms with Crippen LogP contribution in [0.3, 0.4) is 0 Å². The van der Waals surface area contributed by atoms with Crippen molar-refractivity contribution in [1.82, 2.24) is 9.78 Å². The van der Waals surface area contributed by atoms with Crippen molar-refractivity contribution in [2.75, 3.05) is 36.6 Å². The Labute approximate surface area is 283 Å². The lowest BCUT2D eigenvalue weighted by Gasteiger charge is -2.30. The Hall–Kier alpha value is -5.66. The van der Waals surface area contributed by atoms with Crippen LogP contribution in [0.5, 0.6) is 11.5 Å².